The molecule has 1 saturated carbocycles. The highest BCUT2D eigenvalue weighted by atomic mass is 19.4. The normalized spacial score (nSPS) is 18.1. The van der Waals surface area contributed by atoms with Gasteiger partial charge in [0.15, 0.2) is 0 Å². The van der Waals surface area contributed by atoms with Crippen LogP contribution in [-0.4, -0.2) is 48.6 Å². The Morgan fingerprint density at radius 1 is 1.31 bits per heavy atom. The second-order valence-corrected chi connectivity index (χ2v) is 9.54. The van der Waals surface area contributed by atoms with Crippen LogP contribution in [0.1, 0.15) is 37.6 Å². The molecule has 1 amide bonds. The lowest BCUT2D eigenvalue weighted by atomic mass is 10.0. The minimum absolute atomic E-state index is 0.0420. The van der Waals surface area contributed by atoms with Gasteiger partial charge in [-0.15, -0.1) is 0 Å². The van der Waals surface area contributed by atoms with E-state index in [0.717, 1.165) is 12.8 Å². The number of hydrogen-bond acceptors (Lipinski definition) is 4. The largest absolute Gasteiger partial charge is 0.417 e. The quantitative estimate of drug-likeness (QED) is 0.441. The molecule has 2 aliphatic rings. The topological polar surface area (TPSA) is 57.3 Å². The molecule has 1 unspecified atom stereocenters. The fourth-order valence-corrected chi connectivity index (χ4v) is 4.31. The minimum atomic E-state index is -4.67. The van der Waals surface area contributed by atoms with Gasteiger partial charge in [0, 0.05) is 47.6 Å². The summed E-state index contributed by atoms with van der Waals surface area (Å²) in [6.45, 7) is 6.21. The van der Waals surface area contributed by atoms with E-state index in [1.807, 2.05) is 18.9 Å². The number of fused-ring (bicyclic) bond motifs is 1. The lowest BCUT2D eigenvalue weighted by Gasteiger charge is -2.25. The number of carbonyl (C=O) groups is 1. The average Bonchev–Trinajstić information content (AvgIpc) is 3.67. The van der Waals surface area contributed by atoms with Crippen LogP contribution >= 0.6 is 0 Å². The number of nitrogens with one attached hydrogen (secondary N) is 2. The van der Waals surface area contributed by atoms with Crippen molar-refractivity contribution >= 4 is 34.0 Å². The first-order valence-electron chi connectivity index (χ1n) is 12.0. The summed E-state index contributed by atoms with van der Waals surface area (Å²) in [6, 6.07) is 6.52. The lowest BCUT2D eigenvalue weighted by Crippen LogP contribution is -2.30. The van der Waals surface area contributed by atoms with Gasteiger partial charge < -0.3 is 10.6 Å². The van der Waals surface area contributed by atoms with Gasteiger partial charge in [-0.1, -0.05) is 31.7 Å². The molecule has 0 spiro atoms. The number of pyridine rings is 1. The zero-order valence-electron chi connectivity index (χ0n) is 20.4. The van der Waals surface area contributed by atoms with E-state index < -0.39 is 11.7 Å². The van der Waals surface area contributed by atoms with Crippen LogP contribution in [0, 0.1) is 11.8 Å². The standard InChI is InChI=1S/C27H30F4N4O/c1-16(18-9-10-18)26(36)32-12-5-6-19-14-21-20(25(33-19)17(2)27(29,30)31)7-4-8-23(21)34-24-11-13-35(3)15-22(24)28/h4-8,14,16,18,34H,2,9-13,15H2,1,3H3,(H,32,36)/b6-5+. The number of carbonyl (C=O) groups excluding carboxylic acids is 1. The first kappa shape index (κ1) is 25.9. The first-order valence-corrected chi connectivity index (χ1v) is 12.0. The predicted octanol–water partition coefficient (Wildman–Crippen LogP) is 5.91. The third-order valence-electron chi connectivity index (χ3n) is 6.71. The van der Waals surface area contributed by atoms with Gasteiger partial charge in [-0.25, -0.2) is 9.37 Å². The third kappa shape index (κ3) is 5.95. The fourth-order valence-electron chi connectivity index (χ4n) is 4.31. The van der Waals surface area contributed by atoms with E-state index in [9.17, 15) is 22.4 Å². The Morgan fingerprint density at radius 3 is 2.72 bits per heavy atom. The van der Waals surface area contributed by atoms with Crippen LogP contribution in [0.4, 0.5) is 23.2 Å². The Hall–Kier alpha value is -3.20. The van der Waals surface area contributed by atoms with Crippen LogP contribution in [0.5, 0.6) is 0 Å². The Bertz CT molecular complexity index is 1230. The van der Waals surface area contributed by atoms with Crippen LogP contribution in [0.3, 0.4) is 0 Å². The van der Waals surface area contributed by atoms with E-state index in [4.69, 9.17) is 0 Å². The second kappa shape index (κ2) is 10.4. The number of nitrogens with zero attached hydrogens (tertiary/aromatic N) is 2. The van der Waals surface area contributed by atoms with E-state index in [-0.39, 0.29) is 47.5 Å². The first-order chi connectivity index (χ1) is 17.0. The zero-order valence-corrected chi connectivity index (χ0v) is 20.4. The van der Waals surface area contributed by atoms with Crippen LogP contribution in [0.25, 0.3) is 22.4 Å². The van der Waals surface area contributed by atoms with Crippen molar-refractivity contribution in [2.45, 2.75) is 32.4 Å². The highest BCUT2D eigenvalue weighted by molar-refractivity contribution is 6.01. The Balaban J connectivity index is 1.66. The average molecular weight is 503 g/mol. The van der Waals surface area contributed by atoms with Crippen molar-refractivity contribution in [3.05, 3.63) is 59.8 Å². The van der Waals surface area contributed by atoms with Crippen molar-refractivity contribution in [1.82, 2.24) is 15.2 Å². The predicted molar refractivity (Wildman–Crippen MR) is 135 cm³/mol. The molecular weight excluding hydrogens is 472 g/mol. The van der Waals surface area contributed by atoms with Crippen LogP contribution < -0.4 is 10.6 Å². The van der Waals surface area contributed by atoms with Crippen molar-refractivity contribution < 1.29 is 22.4 Å². The van der Waals surface area contributed by atoms with Crippen LogP contribution in [-0.2, 0) is 4.79 Å². The van der Waals surface area contributed by atoms with Crippen LogP contribution in [0.15, 0.2) is 48.4 Å². The van der Waals surface area contributed by atoms with E-state index in [1.165, 1.54) is 0 Å². The van der Waals surface area contributed by atoms with Gasteiger partial charge in [-0.05, 0) is 44.0 Å². The summed E-state index contributed by atoms with van der Waals surface area (Å²) in [5.41, 5.74) is -0.164. The van der Waals surface area contributed by atoms with E-state index >= 15 is 0 Å². The number of aromatic nitrogens is 1. The molecule has 1 aliphatic heterocycles. The molecule has 1 atom stereocenters. The van der Waals surface area contributed by atoms with Gasteiger partial charge in [0.25, 0.3) is 0 Å². The van der Waals surface area contributed by atoms with E-state index in [2.05, 4.69) is 22.2 Å². The van der Waals surface area contributed by atoms with Gasteiger partial charge in [0.05, 0.1) is 23.5 Å². The monoisotopic (exact) mass is 502 g/mol. The van der Waals surface area contributed by atoms with E-state index in [0.29, 0.717) is 35.7 Å². The number of allylic oxidation sites excluding steroid dienone is 1. The number of alkyl halides is 3. The molecular formula is C27H30F4N4O. The number of rotatable bonds is 8. The Labute approximate surface area is 208 Å². The van der Waals surface area contributed by atoms with Crippen molar-refractivity contribution in [2.75, 3.05) is 32.0 Å². The summed E-state index contributed by atoms with van der Waals surface area (Å²) in [4.78, 5) is 18.3. The summed E-state index contributed by atoms with van der Waals surface area (Å²) in [5.74, 6) is 0.0371. The summed E-state index contributed by atoms with van der Waals surface area (Å²) < 4.78 is 55.4. The number of benzene rings is 1. The second-order valence-electron chi connectivity index (χ2n) is 9.54. The molecule has 1 fully saturated rings. The SMILES string of the molecule is C=C(c1nc(/C=C/CNC(=O)C(C)C2CC2)cc2c(NC3=C(F)CN(C)CC3)cccc12)C(F)(F)F. The summed E-state index contributed by atoms with van der Waals surface area (Å²) >= 11 is 0. The molecule has 0 bridgehead atoms. The van der Waals surface area contributed by atoms with Gasteiger partial charge in [0.1, 0.15) is 5.83 Å². The van der Waals surface area contributed by atoms with Crippen molar-refractivity contribution in [1.29, 1.82) is 0 Å². The highest BCUT2D eigenvalue weighted by Crippen LogP contribution is 2.38. The Morgan fingerprint density at radius 2 is 2.06 bits per heavy atom. The molecule has 2 aromatic rings. The molecule has 192 valence electrons. The maximum absolute atomic E-state index is 14.6. The highest BCUT2D eigenvalue weighted by Gasteiger charge is 2.35. The van der Waals surface area contributed by atoms with E-state index in [1.54, 1.807) is 36.4 Å². The third-order valence-corrected chi connectivity index (χ3v) is 6.71. The summed E-state index contributed by atoms with van der Waals surface area (Å²) in [6.07, 6.45) is 1.14. The summed E-state index contributed by atoms with van der Waals surface area (Å²) in [7, 11) is 1.82. The zero-order chi connectivity index (χ0) is 26.0. The molecule has 36 heavy (non-hydrogen) atoms. The molecule has 9 heteroatoms. The molecule has 4 rings (SSSR count). The number of likely N-dealkylation sites (N-methyl/N-ethyl adjacent to an activating group) is 1. The van der Waals surface area contributed by atoms with Gasteiger partial charge >= 0.3 is 6.18 Å². The molecule has 1 aromatic carbocycles. The molecule has 0 radical (unpaired) electrons. The number of amides is 1. The molecule has 1 aliphatic carbocycles. The molecule has 0 saturated heterocycles. The van der Waals surface area contributed by atoms with Crippen molar-refractivity contribution in [3.8, 4) is 0 Å². The van der Waals surface area contributed by atoms with Crippen molar-refractivity contribution in [2.24, 2.45) is 11.8 Å². The maximum atomic E-state index is 14.6. The summed E-state index contributed by atoms with van der Waals surface area (Å²) in [5, 5.41) is 6.66. The smallest absolute Gasteiger partial charge is 0.356 e. The molecule has 5 nitrogen and oxygen atoms in total. The van der Waals surface area contributed by atoms with Crippen LogP contribution in [0.2, 0.25) is 0 Å². The number of anilines is 1. The Kier molecular flexibility index (Phi) is 7.49. The molecule has 2 N–H and O–H groups in total. The lowest BCUT2D eigenvalue weighted by molar-refractivity contribution is -0.124. The van der Waals surface area contributed by atoms with Gasteiger partial charge in [-0.2, -0.15) is 13.2 Å². The van der Waals surface area contributed by atoms with Gasteiger partial charge in [-0.3, -0.25) is 9.69 Å². The van der Waals surface area contributed by atoms with Crippen molar-refractivity contribution in [3.63, 3.8) is 0 Å². The number of hydrogen-bond donors (Lipinski definition) is 2. The fraction of sp³-hybridized carbons (Fsp3) is 0.407. The maximum Gasteiger partial charge on any atom is 0.417 e. The molecule has 2 heterocycles. The molecule has 1 aromatic heterocycles. The van der Waals surface area contributed by atoms with Gasteiger partial charge in [0.2, 0.25) is 5.91 Å². The minimum Gasteiger partial charge on any atom is -0.356 e. The number of halogens is 4.